The van der Waals surface area contributed by atoms with E-state index in [9.17, 15) is 44.0 Å². The maximum Gasteiger partial charge on any atom is 0.306 e. The largest absolute Gasteiger partial charge is 0.481 e. The Morgan fingerprint density at radius 1 is 0.370 bits per heavy atom. The molecule has 0 saturated heterocycles. The summed E-state index contributed by atoms with van der Waals surface area (Å²) in [7, 11) is 0. The van der Waals surface area contributed by atoms with Crippen molar-refractivity contribution >= 4 is 144 Å². The second-order valence-electron chi connectivity index (χ2n) is 32.6. The molecule has 4 aromatic carbocycles. The summed E-state index contributed by atoms with van der Waals surface area (Å²) in [6.45, 7) is 1.72. The van der Waals surface area contributed by atoms with Crippen molar-refractivity contribution in [2.75, 3.05) is 22.9 Å². The van der Waals surface area contributed by atoms with Crippen LogP contribution < -0.4 is 22.9 Å². The van der Waals surface area contributed by atoms with Crippen LogP contribution in [-0.2, 0) is 19.2 Å². The number of fused-ring (bicyclic) bond motifs is 5. The topological polar surface area (TPSA) is 431 Å². The standard InChI is InChI=1S/C24H22BrN5O2.C23H21BrFN5O2.C23H21BrN6O2.C23H22BrN5O2/c25-20-21(15-6-8-16(9-7-15)24(31)32)29-23-18(13-28-30(23)22(20)26)19-11-10-17(12-27-19)14-4-2-1-3-5-14;1-11-2-7-17-15(19(11)25)8-14(9-27-17)16-10-28-30-21(26)18(24)20(29-22(16)30)12-3-5-13(6-4-12)23(31)32;24-18-19(13-6-8-15(9-7-13)23(31)32)29-22-17(12-28-30(22)20(18)25)16-10-26-21(27-11-16)14-4-2-1-3-5-14;24-19-20(14-6-8-15(9-7-14)23(30)31)27-22-18(12-26-29(22)21(19)25)16-10-11-28(13-16)17-4-2-1-3-5-17/h1-5,10-13,15-16H,6-9,26H2,(H,31,32);2,7-10,12-13H,3-6,26H2,1H3,(H,31,32);1-5,10-13,15H,6-9,25H2,(H,31,32);1-5,10-15H,6-9,25H2,(H,30,31). The molecule has 4 aliphatic rings. The molecule has 34 heteroatoms. The number of halogens is 5. The van der Waals surface area contributed by atoms with Gasteiger partial charge in [-0.2, -0.15) is 38.5 Å². The Kier molecular flexibility index (Phi) is 25.2. The van der Waals surface area contributed by atoms with Crippen LogP contribution in [0, 0.1) is 36.4 Å². The number of carboxylic acid groups (broad SMARTS) is 4. The molecule has 12 aromatic heterocycles. The number of para-hydroxylation sites is 1. The van der Waals surface area contributed by atoms with Crippen molar-refractivity contribution in [1.82, 2.24) is 82.9 Å². The lowest BCUT2D eigenvalue weighted by molar-refractivity contribution is -0.143. The SMILES string of the molecule is Cc1ccc2ncc(-c3cnn4c(N)c(Br)c(C5CCC(C(=O)O)CC5)nc34)cc2c1F.Nc1c(Br)c(C2CCC(C(=O)O)CC2)nc2c(-c3ccc(-c4ccccc4)cn3)cnn12.Nc1c(Br)c(C2CCC(C(=O)O)CC2)nc2c(-c3ccn(-c4ccccc4)c3)cnn12.Nc1c(Br)c(C2CCC(C(=O)O)CC2)nc2c(-c3cnc(-c4ccccc4)nc3)cnn12. The molecule has 20 rings (SSSR count). The lowest BCUT2D eigenvalue weighted by Gasteiger charge is -2.26. The number of anilines is 4. The second-order valence-corrected chi connectivity index (χ2v) is 35.8. The molecule has 29 nitrogen and oxygen atoms in total. The number of aryl methyl sites for hydroxylation is 1. The van der Waals surface area contributed by atoms with E-state index in [1.54, 1.807) is 86.6 Å². The molecule has 4 fully saturated rings. The molecule has 16 aromatic rings. The number of pyridine rings is 2. The third-order valence-corrected chi connectivity index (χ3v) is 28.2. The average Bonchev–Trinajstić information content (AvgIpc) is 1.65. The Morgan fingerprint density at radius 3 is 1.12 bits per heavy atom. The van der Waals surface area contributed by atoms with Gasteiger partial charge in [-0.05, 0) is 221 Å². The van der Waals surface area contributed by atoms with E-state index in [1.165, 1.54) is 0 Å². The first kappa shape index (κ1) is 86.3. The van der Waals surface area contributed by atoms with Crippen LogP contribution in [0.5, 0.6) is 0 Å². The summed E-state index contributed by atoms with van der Waals surface area (Å²) in [4.78, 5) is 83.1. The minimum Gasteiger partial charge on any atom is -0.481 e. The number of hydrogen-bond donors (Lipinski definition) is 8. The number of carboxylic acids is 4. The van der Waals surface area contributed by atoms with Crippen LogP contribution in [0.2, 0.25) is 0 Å². The zero-order chi connectivity index (χ0) is 88.6. The summed E-state index contributed by atoms with van der Waals surface area (Å²) < 4.78 is 26.1. The number of rotatable bonds is 15. The lowest BCUT2D eigenvalue weighted by atomic mass is 9.80. The molecule has 0 aliphatic heterocycles. The van der Waals surface area contributed by atoms with E-state index in [0.717, 1.165) is 139 Å². The minimum absolute atomic E-state index is 0.102. The molecular weight excluding hydrogens is 1880 g/mol. The highest BCUT2D eigenvalue weighted by Crippen LogP contribution is 2.47. The lowest BCUT2D eigenvalue weighted by Crippen LogP contribution is -2.21. The van der Waals surface area contributed by atoms with Crippen LogP contribution in [0.4, 0.5) is 27.7 Å². The Labute approximate surface area is 759 Å². The van der Waals surface area contributed by atoms with Gasteiger partial charge in [0.15, 0.2) is 28.4 Å². The minimum atomic E-state index is -0.741. The summed E-state index contributed by atoms with van der Waals surface area (Å²) in [5, 5.41) is 55.4. The third-order valence-electron chi connectivity index (χ3n) is 24.9. The second kappa shape index (κ2) is 37.0. The van der Waals surface area contributed by atoms with Gasteiger partial charge in [0.25, 0.3) is 0 Å². The zero-order valence-corrected chi connectivity index (χ0v) is 74.9. The van der Waals surface area contributed by atoms with Gasteiger partial charge in [0.1, 0.15) is 29.1 Å². The Bertz CT molecular complexity index is 6620. The fourth-order valence-electron chi connectivity index (χ4n) is 17.7. The molecule has 0 bridgehead atoms. The first-order chi connectivity index (χ1) is 61.4. The highest BCUT2D eigenvalue weighted by atomic mass is 79.9. The van der Waals surface area contributed by atoms with Gasteiger partial charge < -0.3 is 47.9 Å². The molecular formula is C93H86Br4FN21O8. The van der Waals surface area contributed by atoms with E-state index in [-0.39, 0.29) is 53.2 Å². The normalized spacial score (nSPS) is 18.8. The van der Waals surface area contributed by atoms with Gasteiger partial charge in [0.2, 0.25) is 0 Å². The molecule has 4 aliphatic carbocycles. The highest BCUT2D eigenvalue weighted by Gasteiger charge is 2.36. The van der Waals surface area contributed by atoms with Gasteiger partial charge in [-0.3, -0.25) is 29.1 Å². The quantitative estimate of drug-likeness (QED) is 0.0472. The molecule has 0 radical (unpaired) electrons. The van der Waals surface area contributed by atoms with E-state index < -0.39 is 23.9 Å². The molecule has 127 heavy (non-hydrogen) atoms. The van der Waals surface area contributed by atoms with E-state index in [1.807, 2.05) is 97.3 Å². The Morgan fingerprint density at radius 2 is 0.724 bits per heavy atom. The third kappa shape index (κ3) is 17.6. The smallest absolute Gasteiger partial charge is 0.306 e. The van der Waals surface area contributed by atoms with Crippen molar-refractivity contribution in [2.24, 2.45) is 23.7 Å². The fourth-order valence-corrected chi connectivity index (χ4v) is 20.0. The molecule has 646 valence electrons. The van der Waals surface area contributed by atoms with Gasteiger partial charge in [-0.1, -0.05) is 91.0 Å². The number of carbonyl (C=O) groups is 4. The van der Waals surface area contributed by atoms with Crippen molar-refractivity contribution in [3.8, 4) is 72.8 Å². The molecule has 12 heterocycles. The van der Waals surface area contributed by atoms with Crippen LogP contribution in [-0.4, -0.2) is 127 Å². The van der Waals surface area contributed by atoms with Crippen LogP contribution in [0.25, 0.3) is 106 Å². The van der Waals surface area contributed by atoms with Gasteiger partial charge in [-0.25, -0.2) is 34.3 Å². The summed E-state index contributed by atoms with van der Waals surface area (Å²) in [5.74, 6) is -1.19. The zero-order valence-electron chi connectivity index (χ0n) is 68.6. The van der Waals surface area contributed by atoms with Gasteiger partial charge >= 0.3 is 23.9 Å². The predicted molar refractivity (Wildman–Crippen MR) is 495 cm³/mol. The van der Waals surface area contributed by atoms with E-state index in [4.69, 9.17) is 42.9 Å². The number of hydrogen-bond acceptors (Lipinski definition) is 20. The highest BCUT2D eigenvalue weighted by molar-refractivity contribution is 9.11. The number of aliphatic carboxylic acids is 4. The summed E-state index contributed by atoms with van der Waals surface area (Å²) in [5.41, 5.74) is 43.3. The van der Waals surface area contributed by atoms with Crippen LogP contribution in [0.1, 0.15) is 155 Å². The fraction of sp³-hybridized carbons (Fsp3) is 0.269. The first-order valence-corrected chi connectivity index (χ1v) is 45.0. The van der Waals surface area contributed by atoms with Crippen molar-refractivity contribution in [3.05, 3.63) is 241 Å². The molecule has 0 spiro atoms. The van der Waals surface area contributed by atoms with Crippen molar-refractivity contribution < 1.29 is 44.0 Å². The van der Waals surface area contributed by atoms with Crippen molar-refractivity contribution in [3.63, 3.8) is 0 Å². The number of nitrogen functional groups attached to an aromatic ring is 4. The molecule has 12 N–H and O–H groups in total. The predicted octanol–water partition coefficient (Wildman–Crippen LogP) is 19.7. The van der Waals surface area contributed by atoms with Crippen LogP contribution >= 0.6 is 63.7 Å². The number of aromatic nitrogens is 17. The van der Waals surface area contributed by atoms with Crippen molar-refractivity contribution in [2.45, 2.75) is 133 Å². The number of benzene rings is 4. The summed E-state index contributed by atoms with van der Waals surface area (Å²) in [6.07, 6.45) is 29.2. The van der Waals surface area contributed by atoms with E-state index in [2.05, 4.69) is 139 Å². The number of nitrogens with zero attached hydrogens (tertiary/aromatic N) is 17. The van der Waals surface area contributed by atoms with E-state index in [0.29, 0.717) is 140 Å². The molecule has 0 atom stereocenters. The molecule has 4 saturated carbocycles. The van der Waals surface area contributed by atoms with Crippen LogP contribution in [0.3, 0.4) is 0 Å². The van der Waals surface area contributed by atoms with Crippen molar-refractivity contribution in [1.29, 1.82) is 0 Å². The maximum atomic E-state index is 14.7. The summed E-state index contributed by atoms with van der Waals surface area (Å²) in [6, 6.07) is 41.3. The van der Waals surface area contributed by atoms with Gasteiger partial charge in [0.05, 0.1) is 106 Å². The van der Waals surface area contributed by atoms with E-state index >= 15 is 0 Å². The summed E-state index contributed by atoms with van der Waals surface area (Å²) >= 11 is 14.4. The monoisotopic (exact) mass is 1960 g/mol. The Hall–Kier alpha value is -12.8. The maximum absolute atomic E-state index is 14.7. The van der Waals surface area contributed by atoms with Gasteiger partial charge in [0, 0.05) is 116 Å². The molecule has 0 amide bonds. The van der Waals surface area contributed by atoms with Crippen LogP contribution in [0.15, 0.2) is 207 Å². The first-order valence-electron chi connectivity index (χ1n) is 41.8. The average molecular weight is 1960 g/mol. The van der Waals surface area contributed by atoms with Gasteiger partial charge in [-0.15, -0.1) is 0 Å². The Balaban J connectivity index is 0.000000119. The molecule has 0 unspecified atom stereocenters. The number of nitrogens with two attached hydrogens (primary N) is 4.